The summed E-state index contributed by atoms with van der Waals surface area (Å²) in [5, 5.41) is 4.35. The summed E-state index contributed by atoms with van der Waals surface area (Å²) in [5.74, 6) is 0.796. The molecule has 0 bridgehead atoms. The summed E-state index contributed by atoms with van der Waals surface area (Å²) in [6, 6.07) is 3.39. The van der Waals surface area contributed by atoms with Gasteiger partial charge in [0.1, 0.15) is 5.76 Å². The smallest absolute Gasteiger partial charge is 0.289 e. The number of hydrogen-bond acceptors (Lipinski definition) is 6. The molecule has 1 aliphatic heterocycles. The second-order valence-corrected chi connectivity index (χ2v) is 7.54. The molecule has 1 N–H and O–H groups in total. The third-order valence-electron chi connectivity index (χ3n) is 5.53. The minimum absolute atomic E-state index is 0.0660. The molecule has 1 aliphatic carbocycles. The zero-order chi connectivity index (χ0) is 20.4. The number of piperazine rings is 1. The van der Waals surface area contributed by atoms with Crippen LogP contribution in [0.1, 0.15) is 50.6 Å². The Balaban J connectivity index is 1.56. The van der Waals surface area contributed by atoms with E-state index in [-0.39, 0.29) is 11.8 Å². The Morgan fingerprint density at radius 2 is 2.00 bits per heavy atom. The molecule has 1 fully saturated rings. The maximum atomic E-state index is 13.0. The lowest BCUT2D eigenvalue weighted by molar-refractivity contribution is 0.0629. The van der Waals surface area contributed by atoms with Gasteiger partial charge in [0.15, 0.2) is 5.76 Å². The molecule has 2 amide bonds. The zero-order valence-electron chi connectivity index (χ0n) is 16.8. The average molecular weight is 395 g/mol. The van der Waals surface area contributed by atoms with Crippen LogP contribution < -0.4 is 5.43 Å². The van der Waals surface area contributed by atoms with E-state index in [1.807, 2.05) is 11.8 Å². The first-order valence-electron chi connectivity index (χ1n) is 9.92. The number of amides is 2. The monoisotopic (exact) mass is 395 g/mol. The van der Waals surface area contributed by atoms with E-state index in [0.29, 0.717) is 24.4 Å². The van der Waals surface area contributed by atoms with Crippen molar-refractivity contribution in [2.75, 3.05) is 33.2 Å². The topological polar surface area (TPSA) is 91.0 Å². The fraction of sp³-hybridized carbons (Fsp3) is 0.429. The van der Waals surface area contributed by atoms with Gasteiger partial charge in [0.25, 0.3) is 11.8 Å². The van der Waals surface area contributed by atoms with Crippen molar-refractivity contribution >= 4 is 17.5 Å². The maximum Gasteiger partial charge on any atom is 0.289 e. The van der Waals surface area contributed by atoms with E-state index in [1.165, 1.54) is 6.20 Å². The first-order valence-corrected chi connectivity index (χ1v) is 9.92. The molecule has 1 saturated heterocycles. The Labute approximate surface area is 169 Å². The van der Waals surface area contributed by atoms with Gasteiger partial charge in [-0.05, 0) is 38.9 Å². The number of furan rings is 1. The zero-order valence-corrected chi connectivity index (χ0v) is 16.8. The van der Waals surface area contributed by atoms with Crippen LogP contribution in [-0.2, 0) is 6.42 Å². The number of nitrogens with one attached hydrogen (secondary N) is 1. The first kappa shape index (κ1) is 19.3. The Hall–Kier alpha value is -3.00. The number of fused-ring (bicyclic) bond motifs is 1. The van der Waals surface area contributed by atoms with Crippen LogP contribution in [0.4, 0.5) is 0 Å². The normalized spacial score (nSPS) is 18.6. The Kier molecular flexibility index (Phi) is 5.44. The van der Waals surface area contributed by atoms with Gasteiger partial charge in [-0.1, -0.05) is 0 Å². The number of aryl methyl sites for hydroxylation is 1. The molecule has 8 nitrogen and oxygen atoms in total. The second kappa shape index (κ2) is 8.16. The van der Waals surface area contributed by atoms with E-state index < -0.39 is 0 Å². The Morgan fingerprint density at radius 3 is 2.72 bits per heavy atom. The molecule has 0 saturated carbocycles. The van der Waals surface area contributed by atoms with Gasteiger partial charge >= 0.3 is 0 Å². The van der Waals surface area contributed by atoms with Crippen molar-refractivity contribution in [1.29, 1.82) is 0 Å². The third-order valence-corrected chi connectivity index (χ3v) is 5.53. The number of likely N-dealkylation sites (N-methyl/N-ethyl adjacent to an activating group) is 1. The van der Waals surface area contributed by atoms with Gasteiger partial charge < -0.3 is 14.2 Å². The standard InChI is InChI=1S/C21H25N5O3/c1-14-18-16(23-24-20(27)15-5-4-8-22-13-15)6-3-7-17(18)29-19(14)21(28)26-11-9-25(2)10-12-26/h4-5,8,13H,3,6-7,9-12H2,1-2H3,(H,24,27)/b23-16+. The molecule has 0 unspecified atom stereocenters. The van der Waals surface area contributed by atoms with E-state index >= 15 is 0 Å². The Morgan fingerprint density at radius 1 is 1.21 bits per heavy atom. The van der Waals surface area contributed by atoms with Gasteiger partial charge in [0, 0.05) is 56.1 Å². The first-order chi connectivity index (χ1) is 14.0. The minimum atomic E-state index is -0.312. The van der Waals surface area contributed by atoms with Gasteiger partial charge in [-0.2, -0.15) is 5.10 Å². The predicted molar refractivity (Wildman–Crippen MR) is 108 cm³/mol. The van der Waals surface area contributed by atoms with Crippen LogP contribution in [0, 0.1) is 6.92 Å². The average Bonchev–Trinajstić information content (AvgIpc) is 3.10. The molecule has 0 radical (unpaired) electrons. The van der Waals surface area contributed by atoms with Gasteiger partial charge in [-0.3, -0.25) is 14.6 Å². The third kappa shape index (κ3) is 3.93. The lowest BCUT2D eigenvalue weighted by Crippen LogP contribution is -2.47. The molecule has 29 heavy (non-hydrogen) atoms. The molecule has 2 aromatic rings. The Bertz CT molecular complexity index is 943. The van der Waals surface area contributed by atoms with Gasteiger partial charge in [0.2, 0.25) is 0 Å². The van der Waals surface area contributed by atoms with E-state index in [2.05, 4.69) is 27.5 Å². The summed E-state index contributed by atoms with van der Waals surface area (Å²) in [5.41, 5.74) is 5.47. The van der Waals surface area contributed by atoms with Crippen LogP contribution in [0.15, 0.2) is 34.0 Å². The van der Waals surface area contributed by atoms with Crippen LogP contribution in [-0.4, -0.2) is 65.5 Å². The molecule has 0 atom stereocenters. The molecule has 2 aromatic heterocycles. The van der Waals surface area contributed by atoms with Crippen molar-refractivity contribution in [3.63, 3.8) is 0 Å². The number of nitrogens with zero attached hydrogens (tertiary/aromatic N) is 4. The van der Waals surface area contributed by atoms with Gasteiger partial charge in [-0.15, -0.1) is 0 Å². The molecule has 0 aromatic carbocycles. The van der Waals surface area contributed by atoms with Crippen molar-refractivity contribution in [1.82, 2.24) is 20.2 Å². The van der Waals surface area contributed by atoms with Crippen molar-refractivity contribution in [3.8, 4) is 0 Å². The van der Waals surface area contributed by atoms with Crippen LogP contribution in [0.5, 0.6) is 0 Å². The van der Waals surface area contributed by atoms with Crippen LogP contribution in [0.25, 0.3) is 0 Å². The van der Waals surface area contributed by atoms with Crippen molar-refractivity contribution < 1.29 is 14.0 Å². The van der Waals surface area contributed by atoms with Crippen molar-refractivity contribution in [2.45, 2.75) is 26.2 Å². The maximum absolute atomic E-state index is 13.0. The second-order valence-electron chi connectivity index (χ2n) is 7.54. The van der Waals surface area contributed by atoms with Crippen LogP contribution in [0.3, 0.4) is 0 Å². The minimum Gasteiger partial charge on any atom is -0.455 e. The highest BCUT2D eigenvalue weighted by molar-refractivity contribution is 6.07. The molecule has 2 aliphatic rings. The SMILES string of the molecule is Cc1c(C(=O)N2CCN(C)CC2)oc2c1/C(=N/NC(=O)c1cccnc1)CCC2. The number of carbonyl (C=O) groups is 2. The molecule has 8 heteroatoms. The quantitative estimate of drug-likeness (QED) is 0.801. The molecule has 4 rings (SSSR count). The van der Waals surface area contributed by atoms with Gasteiger partial charge in [-0.25, -0.2) is 5.43 Å². The van der Waals surface area contributed by atoms with Crippen LogP contribution >= 0.6 is 0 Å². The van der Waals surface area contributed by atoms with E-state index in [4.69, 9.17) is 4.42 Å². The highest BCUT2D eigenvalue weighted by Gasteiger charge is 2.31. The van der Waals surface area contributed by atoms with E-state index in [1.54, 1.807) is 18.3 Å². The lowest BCUT2D eigenvalue weighted by atomic mass is 9.93. The van der Waals surface area contributed by atoms with Gasteiger partial charge in [0.05, 0.1) is 11.3 Å². The number of aromatic nitrogens is 1. The summed E-state index contributed by atoms with van der Waals surface area (Å²) in [7, 11) is 2.06. The fourth-order valence-corrected chi connectivity index (χ4v) is 3.82. The van der Waals surface area contributed by atoms with E-state index in [9.17, 15) is 9.59 Å². The molecule has 3 heterocycles. The highest BCUT2D eigenvalue weighted by Crippen LogP contribution is 2.30. The predicted octanol–water partition coefficient (Wildman–Crippen LogP) is 1.84. The number of carbonyl (C=O) groups excluding carboxylic acids is 2. The summed E-state index contributed by atoms with van der Waals surface area (Å²) in [4.78, 5) is 33.3. The molecule has 152 valence electrons. The van der Waals surface area contributed by atoms with Crippen molar-refractivity contribution in [3.05, 3.63) is 52.7 Å². The number of hydrazone groups is 1. The van der Waals surface area contributed by atoms with Crippen molar-refractivity contribution in [2.24, 2.45) is 5.10 Å². The molecule has 0 spiro atoms. The number of hydrogen-bond donors (Lipinski definition) is 1. The van der Waals surface area contributed by atoms with E-state index in [0.717, 1.165) is 55.0 Å². The molecular weight excluding hydrogens is 370 g/mol. The summed E-state index contributed by atoms with van der Waals surface area (Å²) < 4.78 is 5.99. The number of pyridine rings is 1. The van der Waals surface area contributed by atoms with Crippen LogP contribution in [0.2, 0.25) is 0 Å². The highest BCUT2D eigenvalue weighted by atomic mass is 16.4. The summed E-state index contributed by atoms with van der Waals surface area (Å²) in [6.45, 7) is 5.01. The lowest BCUT2D eigenvalue weighted by Gasteiger charge is -2.31. The fourth-order valence-electron chi connectivity index (χ4n) is 3.82. The number of rotatable bonds is 3. The molecular formula is C21H25N5O3. The summed E-state index contributed by atoms with van der Waals surface area (Å²) in [6.07, 6.45) is 5.47. The summed E-state index contributed by atoms with van der Waals surface area (Å²) >= 11 is 0. The largest absolute Gasteiger partial charge is 0.455 e.